The molecule has 0 saturated heterocycles. The molecule has 0 aromatic heterocycles. The van der Waals surface area contributed by atoms with Crippen molar-refractivity contribution in [3.8, 4) is 0 Å². The van der Waals surface area contributed by atoms with Crippen LogP contribution in [0.4, 0.5) is 0 Å². The first kappa shape index (κ1) is 21.1. The van der Waals surface area contributed by atoms with Crippen molar-refractivity contribution in [3.63, 3.8) is 0 Å². The van der Waals surface area contributed by atoms with Crippen molar-refractivity contribution >= 4 is 7.82 Å². The highest BCUT2D eigenvalue weighted by atomic mass is 31.2. The minimum Gasteiger partial charge on any atom is -0.302 e. The average Bonchev–Trinajstić information content (AvgIpc) is 2.47. The maximum Gasteiger partial charge on any atom is 0.472 e. The number of unbranched alkanes of at least 4 members (excludes halogenated alkanes) is 2. The zero-order valence-electron chi connectivity index (χ0n) is 14.3. The fourth-order valence-corrected chi connectivity index (χ4v) is 3.11. The molecular formula is C16H35O4P. The van der Waals surface area contributed by atoms with Gasteiger partial charge >= 0.3 is 7.82 Å². The Bertz CT molecular complexity index is 259. The standard InChI is InChI=1S/C16H35O4P/c1-5-9-11-15(7-3)13-19-21(17,18)20-14-16(8-4)12-10-6-2/h15-16H,5-14H2,1-4H3,(H,17,18)/t15-,16-/m0/s1. The minimum atomic E-state index is -3.89. The van der Waals surface area contributed by atoms with E-state index in [0.29, 0.717) is 25.0 Å². The highest BCUT2D eigenvalue weighted by Crippen LogP contribution is 2.44. The van der Waals surface area contributed by atoms with Gasteiger partial charge in [-0.3, -0.25) is 9.05 Å². The highest BCUT2D eigenvalue weighted by molar-refractivity contribution is 7.47. The molecule has 0 rings (SSSR count). The largest absolute Gasteiger partial charge is 0.472 e. The van der Waals surface area contributed by atoms with Gasteiger partial charge in [0.1, 0.15) is 0 Å². The van der Waals surface area contributed by atoms with E-state index < -0.39 is 7.82 Å². The van der Waals surface area contributed by atoms with Crippen LogP contribution in [-0.2, 0) is 13.6 Å². The van der Waals surface area contributed by atoms with E-state index in [1.807, 2.05) is 0 Å². The summed E-state index contributed by atoms with van der Waals surface area (Å²) < 4.78 is 22.2. The second-order valence-corrected chi connectivity index (χ2v) is 7.35. The fourth-order valence-electron chi connectivity index (χ4n) is 2.23. The zero-order valence-corrected chi connectivity index (χ0v) is 15.2. The lowest BCUT2D eigenvalue weighted by molar-refractivity contribution is 0.110. The molecule has 0 aromatic rings. The molecule has 0 aliphatic carbocycles. The van der Waals surface area contributed by atoms with Gasteiger partial charge in [-0.15, -0.1) is 0 Å². The Labute approximate surface area is 131 Å². The van der Waals surface area contributed by atoms with Crippen molar-refractivity contribution < 1.29 is 18.5 Å². The molecule has 0 amide bonds. The van der Waals surface area contributed by atoms with E-state index in [9.17, 15) is 9.46 Å². The van der Waals surface area contributed by atoms with Crippen molar-refractivity contribution in [1.82, 2.24) is 0 Å². The maximum atomic E-state index is 11.9. The van der Waals surface area contributed by atoms with Crippen LogP contribution in [0.1, 0.15) is 79.1 Å². The molecule has 0 bridgehead atoms. The second kappa shape index (κ2) is 12.6. The first-order valence-corrected chi connectivity index (χ1v) is 10.1. The Morgan fingerprint density at radius 2 is 1.24 bits per heavy atom. The van der Waals surface area contributed by atoms with E-state index in [2.05, 4.69) is 27.7 Å². The number of phosphoric acid groups is 1. The number of hydrogen-bond acceptors (Lipinski definition) is 3. The SMILES string of the molecule is CCCC[C@H](CC)COP(=O)(O)OC[C@@H](CC)CCCC. The van der Waals surface area contributed by atoms with E-state index in [1.165, 1.54) is 0 Å². The molecule has 0 unspecified atom stereocenters. The summed E-state index contributed by atoms with van der Waals surface area (Å²) in [6.45, 7) is 9.10. The van der Waals surface area contributed by atoms with Gasteiger partial charge in [0.05, 0.1) is 13.2 Å². The predicted molar refractivity (Wildman–Crippen MR) is 88.3 cm³/mol. The molecule has 0 spiro atoms. The number of rotatable bonds is 14. The van der Waals surface area contributed by atoms with Gasteiger partial charge in [-0.2, -0.15) is 0 Å². The molecule has 5 heteroatoms. The van der Waals surface area contributed by atoms with Crippen molar-refractivity contribution in [2.75, 3.05) is 13.2 Å². The number of hydrogen-bond donors (Lipinski definition) is 1. The van der Waals surface area contributed by atoms with Crippen LogP contribution in [-0.4, -0.2) is 18.1 Å². The van der Waals surface area contributed by atoms with E-state index >= 15 is 0 Å². The van der Waals surface area contributed by atoms with E-state index in [4.69, 9.17) is 9.05 Å². The van der Waals surface area contributed by atoms with Crippen LogP contribution in [0.25, 0.3) is 0 Å². The molecule has 0 aliphatic heterocycles. The quantitative estimate of drug-likeness (QED) is 0.426. The van der Waals surface area contributed by atoms with Gasteiger partial charge in [-0.05, 0) is 24.7 Å². The van der Waals surface area contributed by atoms with E-state index in [0.717, 1.165) is 51.4 Å². The highest BCUT2D eigenvalue weighted by Gasteiger charge is 2.24. The summed E-state index contributed by atoms with van der Waals surface area (Å²) in [6.07, 6.45) is 8.56. The summed E-state index contributed by atoms with van der Waals surface area (Å²) in [4.78, 5) is 9.77. The maximum absolute atomic E-state index is 11.9. The number of phosphoric ester groups is 1. The Morgan fingerprint density at radius 3 is 1.52 bits per heavy atom. The van der Waals surface area contributed by atoms with Crippen LogP contribution in [0.2, 0.25) is 0 Å². The zero-order chi connectivity index (χ0) is 16.1. The van der Waals surface area contributed by atoms with Crippen molar-refractivity contribution in [2.45, 2.75) is 79.1 Å². The van der Waals surface area contributed by atoms with Crippen molar-refractivity contribution in [1.29, 1.82) is 0 Å². The van der Waals surface area contributed by atoms with Gasteiger partial charge < -0.3 is 4.89 Å². The van der Waals surface area contributed by atoms with Crippen LogP contribution in [0.5, 0.6) is 0 Å². The van der Waals surface area contributed by atoms with Gasteiger partial charge in [0.25, 0.3) is 0 Å². The minimum absolute atomic E-state index is 0.316. The summed E-state index contributed by atoms with van der Waals surface area (Å²) in [5.74, 6) is 0.687. The lowest BCUT2D eigenvalue weighted by Crippen LogP contribution is -2.12. The van der Waals surface area contributed by atoms with Crippen molar-refractivity contribution in [2.24, 2.45) is 11.8 Å². The third kappa shape index (κ3) is 11.3. The first-order chi connectivity index (χ1) is 9.99. The Balaban J connectivity index is 4.08. The Kier molecular flexibility index (Phi) is 12.7. The first-order valence-electron chi connectivity index (χ1n) is 8.60. The smallest absolute Gasteiger partial charge is 0.302 e. The van der Waals surface area contributed by atoms with Crippen LogP contribution >= 0.6 is 7.82 Å². The Morgan fingerprint density at radius 1 is 0.857 bits per heavy atom. The Hall–Kier alpha value is 0.110. The molecule has 0 saturated carbocycles. The lowest BCUT2D eigenvalue weighted by atomic mass is 10.0. The fraction of sp³-hybridized carbons (Fsp3) is 1.00. The summed E-state index contributed by atoms with van der Waals surface area (Å²) in [7, 11) is -3.89. The van der Waals surface area contributed by atoms with Crippen LogP contribution in [0.15, 0.2) is 0 Å². The van der Waals surface area contributed by atoms with Gasteiger partial charge in [0.15, 0.2) is 0 Å². The molecule has 2 atom stereocenters. The molecule has 21 heavy (non-hydrogen) atoms. The summed E-state index contributed by atoms with van der Waals surface area (Å²) in [6, 6.07) is 0. The summed E-state index contributed by atoms with van der Waals surface area (Å²) >= 11 is 0. The third-order valence-corrected chi connectivity index (χ3v) is 4.98. The molecular weight excluding hydrogens is 287 g/mol. The van der Waals surface area contributed by atoms with E-state index in [1.54, 1.807) is 0 Å². The van der Waals surface area contributed by atoms with Crippen LogP contribution in [0.3, 0.4) is 0 Å². The van der Waals surface area contributed by atoms with Crippen LogP contribution in [0, 0.1) is 11.8 Å². The van der Waals surface area contributed by atoms with Crippen LogP contribution < -0.4 is 0 Å². The molecule has 0 fully saturated rings. The van der Waals surface area contributed by atoms with E-state index in [-0.39, 0.29) is 0 Å². The monoisotopic (exact) mass is 322 g/mol. The normalized spacial score (nSPS) is 15.1. The summed E-state index contributed by atoms with van der Waals surface area (Å²) in [5.41, 5.74) is 0. The third-order valence-electron chi connectivity index (χ3n) is 4.03. The van der Waals surface area contributed by atoms with Gasteiger partial charge in [-0.1, -0.05) is 66.2 Å². The topological polar surface area (TPSA) is 55.8 Å². The predicted octanol–water partition coefficient (Wildman–Crippen LogP) is 5.55. The molecule has 0 radical (unpaired) electrons. The van der Waals surface area contributed by atoms with Gasteiger partial charge in [0, 0.05) is 0 Å². The molecule has 4 nitrogen and oxygen atoms in total. The molecule has 0 aliphatic rings. The lowest BCUT2D eigenvalue weighted by Gasteiger charge is -2.20. The van der Waals surface area contributed by atoms with Crippen molar-refractivity contribution in [3.05, 3.63) is 0 Å². The molecule has 0 heterocycles. The van der Waals surface area contributed by atoms with Gasteiger partial charge in [0.2, 0.25) is 0 Å². The van der Waals surface area contributed by atoms with Gasteiger partial charge in [-0.25, -0.2) is 4.57 Å². The second-order valence-electron chi connectivity index (χ2n) is 5.89. The molecule has 0 aromatic carbocycles. The molecule has 128 valence electrons. The summed E-state index contributed by atoms with van der Waals surface area (Å²) in [5, 5.41) is 0. The molecule has 1 N–H and O–H groups in total. The average molecular weight is 322 g/mol.